The van der Waals surface area contributed by atoms with Crippen LogP contribution in [-0.2, 0) is 23.0 Å². The second-order valence-electron chi connectivity index (χ2n) is 4.74. The third kappa shape index (κ3) is 2.32. The molecular weight excluding hydrogens is 294 g/mol. The molecule has 1 aromatic heterocycles. The Bertz CT molecular complexity index is 783. The van der Waals surface area contributed by atoms with Crippen molar-refractivity contribution in [2.45, 2.75) is 17.9 Å². The van der Waals surface area contributed by atoms with Gasteiger partial charge in [0.1, 0.15) is 0 Å². The third-order valence-corrected chi connectivity index (χ3v) is 5.34. The number of aromatic carboxylic acids is 1. The summed E-state index contributed by atoms with van der Waals surface area (Å²) in [5.74, 6) is -1.10. The van der Waals surface area contributed by atoms with E-state index in [9.17, 15) is 13.2 Å². The Balaban J connectivity index is 1.92. The van der Waals surface area contributed by atoms with Gasteiger partial charge in [-0.2, -0.15) is 9.40 Å². The average Bonchev–Trinajstić information content (AvgIpc) is 2.91. The molecule has 2 heterocycles. The summed E-state index contributed by atoms with van der Waals surface area (Å²) in [5.41, 5.74) is 1.10. The summed E-state index contributed by atoms with van der Waals surface area (Å²) in [6, 6.07) is 8.17. The molecular formula is C13H13N3O4S. The fourth-order valence-electron chi connectivity index (χ4n) is 2.42. The van der Waals surface area contributed by atoms with Crippen molar-refractivity contribution in [2.75, 3.05) is 6.54 Å². The monoisotopic (exact) mass is 307 g/mol. The molecule has 0 saturated heterocycles. The number of fused-ring (bicyclic) bond motifs is 1. The minimum Gasteiger partial charge on any atom is -0.476 e. The van der Waals surface area contributed by atoms with Gasteiger partial charge < -0.3 is 5.11 Å². The van der Waals surface area contributed by atoms with Crippen molar-refractivity contribution in [1.82, 2.24) is 14.5 Å². The Morgan fingerprint density at radius 3 is 2.67 bits per heavy atom. The Hall–Kier alpha value is -2.19. The van der Waals surface area contributed by atoms with Crippen molar-refractivity contribution in [3.8, 4) is 0 Å². The molecule has 0 radical (unpaired) electrons. The Morgan fingerprint density at radius 1 is 1.29 bits per heavy atom. The SMILES string of the molecule is O=C(O)c1n[nH]c2c1CCN(S(=O)(=O)c1ccccc1)C2. The van der Waals surface area contributed by atoms with E-state index in [1.54, 1.807) is 30.3 Å². The lowest BCUT2D eigenvalue weighted by molar-refractivity contribution is 0.0689. The molecule has 1 aromatic carbocycles. The van der Waals surface area contributed by atoms with Crippen LogP contribution in [0.5, 0.6) is 0 Å². The summed E-state index contributed by atoms with van der Waals surface area (Å²) in [7, 11) is -3.58. The van der Waals surface area contributed by atoms with Gasteiger partial charge >= 0.3 is 5.97 Å². The molecule has 1 aliphatic heterocycles. The van der Waals surface area contributed by atoms with Crippen LogP contribution >= 0.6 is 0 Å². The zero-order valence-corrected chi connectivity index (χ0v) is 11.8. The van der Waals surface area contributed by atoms with E-state index in [0.29, 0.717) is 17.7 Å². The van der Waals surface area contributed by atoms with E-state index in [2.05, 4.69) is 10.2 Å². The number of nitrogens with zero attached hydrogens (tertiary/aromatic N) is 2. The minimum absolute atomic E-state index is 0.0261. The Labute approximate surface area is 121 Å². The molecule has 7 nitrogen and oxygen atoms in total. The highest BCUT2D eigenvalue weighted by Crippen LogP contribution is 2.25. The van der Waals surface area contributed by atoms with Crippen molar-refractivity contribution in [1.29, 1.82) is 0 Å². The quantitative estimate of drug-likeness (QED) is 0.875. The largest absolute Gasteiger partial charge is 0.476 e. The van der Waals surface area contributed by atoms with Crippen LogP contribution in [0.2, 0.25) is 0 Å². The summed E-state index contributed by atoms with van der Waals surface area (Å²) < 4.78 is 26.4. The van der Waals surface area contributed by atoms with E-state index in [1.165, 1.54) is 4.31 Å². The Kier molecular flexibility index (Phi) is 3.26. The second-order valence-corrected chi connectivity index (χ2v) is 6.67. The number of aromatic nitrogens is 2. The van der Waals surface area contributed by atoms with Crippen LogP contribution in [0, 0.1) is 0 Å². The van der Waals surface area contributed by atoms with Gasteiger partial charge in [-0.3, -0.25) is 5.10 Å². The van der Waals surface area contributed by atoms with Crippen LogP contribution in [0.4, 0.5) is 0 Å². The number of nitrogens with one attached hydrogen (secondary N) is 1. The van der Waals surface area contributed by atoms with Crippen LogP contribution < -0.4 is 0 Å². The van der Waals surface area contributed by atoms with Gasteiger partial charge in [0.05, 0.1) is 17.1 Å². The number of hydrogen-bond donors (Lipinski definition) is 2. The molecule has 0 amide bonds. The van der Waals surface area contributed by atoms with Gasteiger partial charge in [-0.25, -0.2) is 13.2 Å². The normalized spacial score (nSPS) is 15.6. The summed E-state index contributed by atoms with van der Waals surface area (Å²) in [5, 5.41) is 15.4. The van der Waals surface area contributed by atoms with Gasteiger partial charge in [0.2, 0.25) is 10.0 Å². The maximum Gasteiger partial charge on any atom is 0.356 e. The second kappa shape index (κ2) is 4.97. The number of hydrogen-bond acceptors (Lipinski definition) is 4. The summed E-state index contributed by atoms with van der Waals surface area (Å²) in [6.45, 7) is 0.344. The third-order valence-electron chi connectivity index (χ3n) is 3.48. The van der Waals surface area contributed by atoms with Crippen molar-refractivity contribution >= 4 is 16.0 Å². The molecule has 3 rings (SSSR count). The van der Waals surface area contributed by atoms with Gasteiger partial charge in [0.15, 0.2) is 5.69 Å². The van der Waals surface area contributed by atoms with E-state index in [-0.39, 0.29) is 23.7 Å². The van der Waals surface area contributed by atoms with Gasteiger partial charge in [-0.05, 0) is 18.6 Å². The predicted molar refractivity (Wildman–Crippen MR) is 73.3 cm³/mol. The van der Waals surface area contributed by atoms with Crippen LogP contribution in [0.25, 0.3) is 0 Å². The molecule has 21 heavy (non-hydrogen) atoms. The summed E-state index contributed by atoms with van der Waals surface area (Å²) in [6.07, 6.45) is 0.333. The van der Waals surface area contributed by atoms with E-state index in [1.807, 2.05) is 0 Å². The first-order valence-electron chi connectivity index (χ1n) is 6.35. The van der Waals surface area contributed by atoms with Gasteiger partial charge in [-0.1, -0.05) is 18.2 Å². The van der Waals surface area contributed by atoms with E-state index in [4.69, 9.17) is 5.11 Å². The minimum atomic E-state index is -3.58. The lowest BCUT2D eigenvalue weighted by Crippen LogP contribution is -2.36. The molecule has 0 fully saturated rings. The van der Waals surface area contributed by atoms with Gasteiger partial charge in [-0.15, -0.1) is 0 Å². The Morgan fingerprint density at radius 2 is 2.00 bits per heavy atom. The maximum absolute atomic E-state index is 12.5. The highest BCUT2D eigenvalue weighted by Gasteiger charge is 2.31. The topological polar surface area (TPSA) is 103 Å². The zero-order valence-electron chi connectivity index (χ0n) is 11.0. The first-order chi connectivity index (χ1) is 10.00. The molecule has 0 spiro atoms. The van der Waals surface area contributed by atoms with Crippen molar-refractivity contribution in [3.05, 3.63) is 47.3 Å². The standard InChI is InChI=1S/C13H13N3O4S/c17-13(18)12-10-6-7-16(8-11(10)14-15-12)21(19,20)9-4-2-1-3-5-9/h1-5H,6-8H2,(H,14,15)(H,17,18). The molecule has 2 N–H and O–H groups in total. The fourth-order valence-corrected chi connectivity index (χ4v) is 3.85. The summed E-state index contributed by atoms with van der Waals surface area (Å²) >= 11 is 0. The number of carbonyl (C=O) groups is 1. The lowest BCUT2D eigenvalue weighted by atomic mass is 10.1. The molecule has 0 aliphatic carbocycles. The number of benzene rings is 1. The van der Waals surface area contributed by atoms with E-state index < -0.39 is 16.0 Å². The highest BCUT2D eigenvalue weighted by molar-refractivity contribution is 7.89. The highest BCUT2D eigenvalue weighted by atomic mass is 32.2. The maximum atomic E-state index is 12.5. The first kappa shape index (κ1) is 13.8. The van der Waals surface area contributed by atoms with Crippen LogP contribution in [0.1, 0.15) is 21.7 Å². The molecule has 0 saturated carbocycles. The fraction of sp³-hybridized carbons (Fsp3) is 0.231. The molecule has 110 valence electrons. The lowest BCUT2D eigenvalue weighted by Gasteiger charge is -2.25. The number of carboxylic acids is 1. The summed E-state index contributed by atoms with van der Waals surface area (Å²) in [4.78, 5) is 11.2. The van der Waals surface area contributed by atoms with Crippen molar-refractivity contribution in [2.24, 2.45) is 0 Å². The number of H-pyrrole nitrogens is 1. The number of carboxylic acid groups (broad SMARTS) is 1. The molecule has 0 bridgehead atoms. The number of aromatic amines is 1. The molecule has 0 atom stereocenters. The average molecular weight is 307 g/mol. The van der Waals surface area contributed by atoms with Gasteiger partial charge in [0.25, 0.3) is 0 Å². The molecule has 8 heteroatoms. The van der Waals surface area contributed by atoms with Crippen LogP contribution in [-0.4, -0.2) is 40.5 Å². The molecule has 2 aromatic rings. The zero-order chi connectivity index (χ0) is 15.0. The van der Waals surface area contributed by atoms with Gasteiger partial charge in [0, 0.05) is 12.1 Å². The predicted octanol–water partition coefficient (Wildman–Crippen LogP) is 0.855. The smallest absolute Gasteiger partial charge is 0.356 e. The molecule has 1 aliphatic rings. The van der Waals surface area contributed by atoms with E-state index >= 15 is 0 Å². The van der Waals surface area contributed by atoms with Crippen molar-refractivity contribution in [3.63, 3.8) is 0 Å². The number of sulfonamides is 1. The first-order valence-corrected chi connectivity index (χ1v) is 7.79. The van der Waals surface area contributed by atoms with Crippen molar-refractivity contribution < 1.29 is 18.3 Å². The van der Waals surface area contributed by atoms with Crippen LogP contribution in [0.3, 0.4) is 0 Å². The van der Waals surface area contributed by atoms with E-state index in [0.717, 1.165) is 0 Å². The number of rotatable bonds is 3. The molecule has 0 unspecified atom stereocenters. The van der Waals surface area contributed by atoms with Crippen LogP contribution in [0.15, 0.2) is 35.2 Å².